The zero-order valence-corrected chi connectivity index (χ0v) is 18.9. The van der Waals surface area contributed by atoms with Gasteiger partial charge in [-0.25, -0.2) is 9.79 Å². The molecule has 13 heteroatoms. The Bertz CT molecular complexity index is 1140. The number of aromatic nitrogens is 2. The molecule has 1 aromatic rings. The summed E-state index contributed by atoms with van der Waals surface area (Å²) in [6.07, 6.45) is -0.302. The molecule has 0 bridgehead atoms. The quantitative estimate of drug-likeness (QED) is 0.503. The van der Waals surface area contributed by atoms with Crippen LogP contribution < -0.4 is 16.8 Å². The van der Waals surface area contributed by atoms with Crippen molar-refractivity contribution < 1.29 is 17.7 Å². The molecule has 0 aromatic carbocycles. The molecule has 1 saturated heterocycles. The van der Waals surface area contributed by atoms with Crippen molar-refractivity contribution in [3.8, 4) is 0 Å². The molecule has 4 N–H and O–H groups in total. The molecule has 1 aromatic heterocycles. The van der Waals surface area contributed by atoms with Crippen LogP contribution in [0.2, 0.25) is 0 Å². The third-order valence-corrected chi connectivity index (χ3v) is 7.15. The van der Waals surface area contributed by atoms with Crippen LogP contribution in [0.4, 0.5) is 13.2 Å². The molecule has 2 aliphatic heterocycles. The van der Waals surface area contributed by atoms with Gasteiger partial charge in [0, 0.05) is 19.6 Å². The molecule has 184 valence electrons. The fourth-order valence-electron chi connectivity index (χ4n) is 5.06. The second kappa shape index (κ2) is 8.31. The van der Waals surface area contributed by atoms with Gasteiger partial charge in [0.15, 0.2) is 11.7 Å². The highest BCUT2D eigenvalue weighted by Gasteiger charge is 2.62. The maximum atomic E-state index is 13.7. The first-order valence-corrected chi connectivity index (χ1v) is 11.4. The molecule has 3 unspecified atom stereocenters. The number of aliphatic imine (C=N–C) groups is 2. The Hall–Kier alpha value is -3.05. The van der Waals surface area contributed by atoms with E-state index in [0.717, 1.165) is 12.8 Å². The number of alkyl halides is 3. The summed E-state index contributed by atoms with van der Waals surface area (Å²) in [4.78, 5) is 25.6. The number of H-pyrrole nitrogens is 1. The number of nitrogens with one attached hydrogen (secondary N) is 2. The van der Waals surface area contributed by atoms with Gasteiger partial charge in [-0.2, -0.15) is 18.2 Å². The molecule has 2 saturated carbocycles. The van der Waals surface area contributed by atoms with E-state index in [1.54, 1.807) is 11.9 Å². The molecule has 0 radical (unpaired) electrons. The summed E-state index contributed by atoms with van der Waals surface area (Å²) in [6.45, 7) is 2.44. The van der Waals surface area contributed by atoms with Crippen LogP contribution in [0.5, 0.6) is 0 Å². The average molecular weight is 480 g/mol. The molecule has 3 fully saturated rings. The van der Waals surface area contributed by atoms with Gasteiger partial charge in [0.05, 0.1) is 6.67 Å². The summed E-state index contributed by atoms with van der Waals surface area (Å²) in [5.74, 6) is -0.238. The molecular weight excluding hydrogens is 453 g/mol. The number of halogens is 3. The Labute approximate surface area is 193 Å². The van der Waals surface area contributed by atoms with Gasteiger partial charge in [-0.15, -0.1) is 0 Å². The third-order valence-electron chi connectivity index (χ3n) is 7.15. The maximum absolute atomic E-state index is 13.7. The third kappa shape index (κ3) is 4.37. The van der Waals surface area contributed by atoms with Crippen molar-refractivity contribution in [1.29, 1.82) is 0 Å². The molecule has 0 amide bonds. The van der Waals surface area contributed by atoms with Gasteiger partial charge >= 0.3 is 11.9 Å². The summed E-state index contributed by atoms with van der Waals surface area (Å²) < 4.78 is 45.6. The van der Waals surface area contributed by atoms with Crippen molar-refractivity contribution in [2.75, 3.05) is 20.3 Å². The number of aromatic amines is 1. The van der Waals surface area contributed by atoms with Crippen molar-refractivity contribution >= 4 is 11.7 Å². The lowest BCUT2D eigenvalue weighted by Gasteiger charge is -2.33. The second-order valence-corrected chi connectivity index (χ2v) is 9.58. The number of fused-ring (bicyclic) bond motifs is 1. The topological polar surface area (TPSA) is 128 Å². The predicted molar refractivity (Wildman–Crippen MR) is 117 cm³/mol. The van der Waals surface area contributed by atoms with E-state index in [4.69, 9.17) is 5.73 Å². The summed E-state index contributed by atoms with van der Waals surface area (Å²) >= 11 is 0. The zero-order chi connectivity index (χ0) is 24.2. The first kappa shape index (κ1) is 22.7. The van der Waals surface area contributed by atoms with Crippen LogP contribution in [0.1, 0.15) is 38.4 Å². The van der Waals surface area contributed by atoms with Crippen molar-refractivity contribution in [1.82, 2.24) is 25.3 Å². The molecule has 5 rings (SSSR count). The SMILES string of the molecule is C[C@@H](NC1=C=C(N(C)CN2CC3CC3C2C(F)(F)F)C(N)=NC(c2noc(=O)[nH]2)=N1)C1CCC1. The molecule has 34 heavy (non-hydrogen) atoms. The molecule has 2 aliphatic carbocycles. The minimum Gasteiger partial charge on any atom is -0.381 e. The monoisotopic (exact) mass is 480 g/mol. The fraction of sp³-hybridized carbons (Fsp3) is 0.667. The van der Waals surface area contributed by atoms with Gasteiger partial charge in [-0.05, 0) is 49.7 Å². The van der Waals surface area contributed by atoms with Crippen LogP contribution in [0.3, 0.4) is 0 Å². The standard InChI is InChI=1S/C21H27F3N8O2/c1-10(11-4-3-5-11)26-15-7-14(17(25)28-18(27-15)19-29-20(33)34-30-19)31(2)9-32-8-12-6-13(12)16(32)21(22,23)24/h10-13,16,26H,3-6,8-9H2,1-2H3,(H2,25,27,28)(H,29,30,33)/t10-,12?,13?,16?/m1/s1. The minimum atomic E-state index is -4.29. The molecular formula is C21H27F3N8O2. The highest BCUT2D eigenvalue weighted by atomic mass is 19.4. The van der Waals surface area contributed by atoms with Crippen LogP contribution >= 0.6 is 0 Å². The highest BCUT2D eigenvalue weighted by molar-refractivity contribution is 6.09. The van der Waals surface area contributed by atoms with Crippen LogP contribution in [0, 0.1) is 17.8 Å². The van der Waals surface area contributed by atoms with E-state index in [-0.39, 0.29) is 42.0 Å². The average Bonchev–Trinajstić information content (AvgIpc) is 3.17. The van der Waals surface area contributed by atoms with E-state index in [1.165, 1.54) is 11.3 Å². The largest absolute Gasteiger partial charge is 0.439 e. The lowest BCUT2D eigenvalue weighted by atomic mass is 9.80. The Morgan fingerprint density at radius 1 is 1.38 bits per heavy atom. The minimum absolute atomic E-state index is 0.00823. The molecule has 0 spiro atoms. The number of likely N-dealkylation sites (tertiary alicyclic amines) is 1. The van der Waals surface area contributed by atoms with E-state index in [9.17, 15) is 18.0 Å². The van der Waals surface area contributed by atoms with Crippen LogP contribution in [0.25, 0.3) is 0 Å². The van der Waals surface area contributed by atoms with Gasteiger partial charge in [0.25, 0.3) is 0 Å². The lowest BCUT2D eigenvalue weighted by Crippen LogP contribution is -2.48. The van der Waals surface area contributed by atoms with Gasteiger partial charge in [0.1, 0.15) is 11.7 Å². The zero-order valence-electron chi connectivity index (χ0n) is 18.9. The van der Waals surface area contributed by atoms with E-state index in [1.807, 2.05) is 6.92 Å². The molecule has 4 aliphatic rings. The number of amidine groups is 2. The van der Waals surface area contributed by atoms with Crippen LogP contribution in [0.15, 0.2) is 36.6 Å². The number of hydrogen-bond donors (Lipinski definition) is 3. The maximum Gasteiger partial charge on any atom is 0.439 e. The van der Waals surface area contributed by atoms with Gasteiger partial charge in [0.2, 0.25) is 11.7 Å². The van der Waals surface area contributed by atoms with E-state index in [2.05, 4.69) is 35.7 Å². The number of piperidine rings is 1. The first-order chi connectivity index (χ1) is 16.1. The predicted octanol–water partition coefficient (Wildman–Crippen LogP) is 1.35. The Morgan fingerprint density at radius 3 is 2.76 bits per heavy atom. The van der Waals surface area contributed by atoms with E-state index in [0.29, 0.717) is 30.4 Å². The molecule has 3 heterocycles. The summed E-state index contributed by atoms with van der Waals surface area (Å²) in [6, 6.07) is -1.37. The fourth-order valence-corrected chi connectivity index (χ4v) is 5.06. The van der Waals surface area contributed by atoms with Gasteiger partial charge in [-0.3, -0.25) is 14.4 Å². The van der Waals surface area contributed by atoms with E-state index < -0.39 is 18.0 Å². The van der Waals surface area contributed by atoms with E-state index >= 15 is 0 Å². The normalized spacial score (nSPS) is 28.1. The van der Waals surface area contributed by atoms with Crippen molar-refractivity contribution in [2.24, 2.45) is 33.5 Å². The van der Waals surface area contributed by atoms with Crippen molar-refractivity contribution in [2.45, 2.75) is 50.9 Å². The second-order valence-electron chi connectivity index (χ2n) is 9.58. The van der Waals surface area contributed by atoms with Gasteiger partial charge < -0.3 is 16.0 Å². The first-order valence-electron chi connectivity index (χ1n) is 11.4. The number of likely N-dealkylation sites (N-methyl/N-ethyl adjacent to an activating group) is 1. The van der Waals surface area contributed by atoms with Crippen LogP contribution in [-0.4, -0.2) is 70.1 Å². The van der Waals surface area contributed by atoms with Gasteiger partial charge in [-0.1, -0.05) is 11.6 Å². The summed E-state index contributed by atoms with van der Waals surface area (Å²) in [5.41, 5.74) is 9.63. The van der Waals surface area contributed by atoms with Crippen LogP contribution in [-0.2, 0) is 0 Å². The highest BCUT2D eigenvalue weighted by Crippen LogP contribution is 2.54. The summed E-state index contributed by atoms with van der Waals surface area (Å²) in [7, 11) is 1.65. The number of nitrogens with zero attached hydrogens (tertiary/aromatic N) is 5. The Balaban J connectivity index is 1.44. The Kier molecular flexibility index (Phi) is 5.56. The number of hydrogen-bond acceptors (Lipinski definition) is 9. The summed E-state index contributed by atoms with van der Waals surface area (Å²) in [5, 5.41) is 6.94. The Morgan fingerprint density at radius 2 is 2.15 bits per heavy atom. The molecule has 10 nitrogen and oxygen atoms in total. The number of nitrogens with two attached hydrogens (primary N) is 1. The van der Waals surface area contributed by atoms with Crippen molar-refractivity contribution in [3.63, 3.8) is 0 Å². The smallest absolute Gasteiger partial charge is 0.381 e. The molecule has 4 atom stereocenters. The van der Waals surface area contributed by atoms with Crippen molar-refractivity contribution in [3.05, 3.63) is 33.6 Å². The number of rotatable bonds is 7. The lowest BCUT2D eigenvalue weighted by molar-refractivity contribution is -0.185.